The van der Waals surface area contributed by atoms with Crippen LogP contribution in [0.4, 0.5) is 0 Å². The van der Waals surface area contributed by atoms with E-state index in [0.29, 0.717) is 6.54 Å². The summed E-state index contributed by atoms with van der Waals surface area (Å²) in [4.78, 5) is 18.0. The molecule has 1 N–H and O–H groups in total. The highest BCUT2D eigenvalue weighted by Crippen LogP contribution is 2.41. The largest absolute Gasteiger partial charge is 0.481 e. The van der Waals surface area contributed by atoms with Crippen LogP contribution in [0.1, 0.15) is 38.8 Å². The first-order valence-electron chi connectivity index (χ1n) is 6.85. The maximum atomic E-state index is 11.6. The normalized spacial score (nSPS) is 25.7. The molecule has 0 amide bonds. The molecule has 1 aromatic rings. The number of aliphatic carboxylic acids is 1. The third-order valence-electron chi connectivity index (χ3n) is 4.58. The van der Waals surface area contributed by atoms with Gasteiger partial charge in [-0.1, -0.05) is 19.9 Å². The number of carboxylic acid groups (broad SMARTS) is 1. The summed E-state index contributed by atoms with van der Waals surface area (Å²) in [6, 6.07) is 4.19. The van der Waals surface area contributed by atoms with Gasteiger partial charge in [-0.3, -0.25) is 14.7 Å². The van der Waals surface area contributed by atoms with Gasteiger partial charge in [0.15, 0.2) is 0 Å². The summed E-state index contributed by atoms with van der Waals surface area (Å²) in [5.74, 6) is -0.514. The van der Waals surface area contributed by atoms with Gasteiger partial charge in [-0.25, -0.2) is 0 Å². The molecular weight excluding hydrogens is 240 g/mol. The van der Waals surface area contributed by atoms with Crippen LogP contribution in [0.25, 0.3) is 0 Å². The Hall–Kier alpha value is -1.42. The van der Waals surface area contributed by atoms with E-state index in [1.165, 1.54) is 0 Å². The number of nitrogens with zero attached hydrogens (tertiary/aromatic N) is 2. The molecule has 1 aliphatic heterocycles. The average molecular weight is 262 g/mol. The monoisotopic (exact) mass is 262 g/mol. The van der Waals surface area contributed by atoms with E-state index in [9.17, 15) is 9.90 Å². The lowest BCUT2D eigenvalue weighted by Crippen LogP contribution is -2.39. The highest BCUT2D eigenvalue weighted by Gasteiger charge is 2.48. The number of rotatable bonds is 4. The van der Waals surface area contributed by atoms with Gasteiger partial charge in [0.2, 0.25) is 0 Å². The van der Waals surface area contributed by atoms with Crippen LogP contribution in [0.2, 0.25) is 0 Å². The second-order valence-electron chi connectivity index (χ2n) is 5.80. The molecule has 0 aromatic carbocycles. The fraction of sp³-hybridized carbons (Fsp3) is 0.600. The quantitative estimate of drug-likeness (QED) is 0.906. The lowest BCUT2D eigenvalue weighted by atomic mass is 9.76. The van der Waals surface area contributed by atoms with Gasteiger partial charge >= 0.3 is 5.97 Å². The standard InChI is InChI=1S/C15H22N2O2/c1-11(2)15(14(18)19)6-8-17(10-15)12(3)13-5-4-7-16-9-13/h4-5,7,9,11-12H,6,8,10H2,1-3H3,(H,18,19). The molecule has 2 rings (SSSR count). The van der Waals surface area contributed by atoms with Gasteiger partial charge in [0.05, 0.1) is 5.41 Å². The highest BCUT2D eigenvalue weighted by atomic mass is 16.4. The molecular formula is C15H22N2O2. The lowest BCUT2D eigenvalue weighted by Gasteiger charge is -2.31. The molecule has 0 aliphatic carbocycles. The van der Waals surface area contributed by atoms with E-state index in [1.807, 2.05) is 32.2 Å². The van der Waals surface area contributed by atoms with Crippen LogP contribution in [0.5, 0.6) is 0 Å². The zero-order valence-corrected chi connectivity index (χ0v) is 11.8. The van der Waals surface area contributed by atoms with E-state index in [-0.39, 0.29) is 12.0 Å². The molecule has 104 valence electrons. The zero-order valence-electron chi connectivity index (χ0n) is 11.8. The first-order valence-corrected chi connectivity index (χ1v) is 6.85. The molecule has 1 aliphatic rings. The smallest absolute Gasteiger partial charge is 0.311 e. The number of likely N-dealkylation sites (tertiary alicyclic amines) is 1. The summed E-state index contributed by atoms with van der Waals surface area (Å²) < 4.78 is 0. The number of carbonyl (C=O) groups is 1. The predicted octanol–water partition coefficient (Wildman–Crippen LogP) is 2.58. The van der Waals surface area contributed by atoms with E-state index in [0.717, 1.165) is 18.5 Å². The Morgan fingerprint density at radius 3 is 2.68 bits per heavy atom. The van der Waals surface area contributed by atoms with Crippen LogP contribution in [-0.2, 0) is 4.79 Å². The minimum atomic E-state index is -0.664. The number of aromatic nitrogens is 1. The molecule has 2 unspecified atom stereocenters. The fourth-order valence-electron chi connectivity index (χ4n) is 2.92. The summed E-state index contributed by atoms with van der Waals surface area (Å²) >= 11 is 0. The summed E-state index contributed by atoms with van der Waals surface area (Å²) in [7, 11) is 0. The Labute approximate surface area is 114 Å². The molecule has 1 fully saturated rings. The van der Waals surface area contributed by atoms with Crippen molar-refractivity contribution in [1.82, 2.24) is 9.88 Å². The molecule has 4 nitrogen and oxygen atoms in total. The first kappa shape index (κ1) is 14.0. The van der Waals surface area contributed by atoms with Gasteiger partial charge in [0.1, 0.15) is 0 Å². The Bertz CT molecular complexity index is 447. The Kier molecular flexibility index (Phi) is 3.90. The lowest BCUT2D eigenvalue weighted by molar-refractivity contribution is -0.151. The summed E-state index contributed by atoms with van der Waals surface area (Å²) in [6.07, 6.45) is 4.35. The van der Waals surface area contributed by atoms with Crippen molar-refractivity contribution < 1.29 is 9.90 Å². The van der Waals surface area contributed by atoms with Crippen molar-refractivity contribution in [2.45, 2.75) is 33.2 Å². The zero-order chi connectivity index (χ0) is 14.0. The summed E-state index contributed by atoms with van der Waals surface area (Å²) in [5.41, 5.74) is 0.545. The molecule has 1 saturated heterocycles. The molecule has 19 heavy (non-hydrogen) atoms. The van der Waals surface area contributed by atoms with Gasteiger partial charge in [-0.15, -0.1) is 0 Å². The molecule has 0 bridgehead atoms. The van der Waals surface area contributed by atoms with Gasteiger partial charge in [-0.2, -0.15) is 0 Å². The van der Waals surface area contributed by atoms with Crippen LogP contribution < -0.4 is 0 Å². The average Bonchev–Trinajstić information content (AvgIpc) is 2.85. The van der Waals surface area contributed by atoms with E-state index in [2.05, 4.69) is 16.8 Å². The third kappa shape index (κ3) is 2.50. The van der Waals surface area contributed by atoms with Crippen molar-refractivity contribution in [2.24, 2.45) is 11.3 Å². The highest BCUT2D eigenvalue weighted by molar-refractivity contribution is 5.75. The van der Waals surface area contributed by atoms with Crippen molar-refractivity contribution in [1.29, 1.82) is 0 Å². The topological polar surface area (TPSA) is 53.4 Å². The van der Waals surface area contributed by atoms with E-state index < -0.39 is 11.4 Å². The van der Waals surface area contributed by atoms with Crippen molar-refractivity contribution in [3.63, 3.8) is 0 Å². The van der Waals surface area contributed by atoms with Crippen LogP contribution in [0, 0.1) is 11.3 Å². The van der Waals surface area contributed by atoms with Gasteiger partial charge in [0.25, 0.3) is 0 Å². The molecule has 0 radical (unpaired) electrons. The Morgan fingerprint density at radius 1 is 1.47 bits per heavy atom. The van der Waals surface area contributed by atoms with Crippen LogP contribution in [0.15, 0.2) is 24.5 Å². The first-order chi connectivity index (χ1) is 8.97. The molecule has 4 heteroatoms. The van der Waals surface area contributed by atoms with E-state index in [1.54, 1.807) is 6.20 Å². The van der Waals surface area contributed by atoms with E-state index >= 15 is 0 Å². The summed E-state index contributed by atoms with van der Waals surface area (Å²) in [6.45, 7) is 7.59. The SMILES string of the molecule is CC(c1cccnc1)N1CCC(C(=O)O)(C(C)C)C1. The van der Waals surface area contributed by atoms with E-state index in [4.69, 9.17) is 0 Å². The van der Waals surface area contributed by atoms with Crippen LogP contribution in [0.3, 0.4) is 0 Å². The van der Waals surface area contributed by atoms with Gasteiger partial charge in [0, 0.05) is 25.0 Å². The molecule has 2 atom stereocenters. The second kappa shape index (κ2) is 5.29. The Morgan fingerprint density at radius 2 is 2.21 bits per heavy atom. The number of hydrogen-bond donors (Lipinski definition) is 1. The number of pyridine rings is 1. The van der Waals surface area contributed by atoms with Gasteiger partial charge < -0.3 is 5.11 Å². The Balaban J connectivity index is 2.16. The molecule has 2 heterocycles. The molecule has 0 spiro atoms. The van der Waals surface area contributed by atoms with Crippen molar-refractivity contribution in [3.05, 3.63) is 30.1 Å². The number of hydrogen-bond acceptors (Lipinski definition) is 3. The van der Waals surface area contributed by atoms with Crippen LogP contribution in [-0.4, -0.2) is 34.0 Å². The second-order valence-corrected chi connectivity index (χ2v) is 5.80. The van der Waals surface area contributed by atoms with Crippen molar-refractivity contribution >= 4 is 5.97 Å². The van der Waals surface area contributed by atoms with Gasteiger partial charge in [-0.05, 0) is 37.4 Å². The minimum absolute atomic E-state index is 0.149. The van der Waals surface area contributed by atoms with Crippen molar-refractivity contribution in [2.75, 3.05) is 13.1 Å². The predicted molar refractivity (Wildman–Crippen MR) is 73.7 cm³/mol. The summed E-state index contributed by atoms with van der Waals surface area (Å²) in [5, 5.41) is 9.57. The fourth-order valence-corrected chi connectivity index (χ4v) is 2.92. The van der Waals surface area contributed by atoms with Crippen molar-refractivity contribution in [3.8, 4) is 0 Å². The molecule has 0 saturated carbocycles. The minimum Gasteiger partial charge on any atom is -0.481 e. The molecule has 1 aromatic heterocycles. The maximum absolute atomic E-state index is 11.6. The number of carboxylic acids is 1. The van der Waals surface area contributed by atoms with Crippen LogP contribution >= 0.6 is 0 Å². The third-order valence-corrected chi connectivity index (χ3v) is 4.58. The maximum Gasteiger partial charge on any atom is 0.311 e.